The molecule has 5 aromatic rings. The van der Waals surface area contributed by atoms with Gasteiger partial charge in [0.2, 0.25) is 17.8 Å². The molecule has 0 amide bonds. The third kappa shape index (κ3) is 11.6. The maximum atomic E-state index is 9.37. The van der Waals surface area contributed by atoms with E-state index >= 15 is 0 Å². The van der Waals surface area contributed by atoms with E-state index in [1.807, 2.05) is 26.0 Å². The molecule has 282 valence electrons. The van der Waals surface area contributed by atoms with Gasteiger partial charge in [0.05, 0.1) is 29.4 Å². The topological polar surface area (TPSA) is 262 Å². The first-order valence-electron chi connectivity index (χ1n) is 16.3. The quantitative estimate of drug-likeness (QED) is 0.0225. The number of aryl methyl sites for hydroxylation is 2. The molecule has 0 aliphatic carbocycles. The zero-order chi connectivity index (χ0) is 38.3. The van der Waals surface area contributed by atoms with Gasteiger partial charge in [0, 0.05) is 17.9 Å². The highest BCUT2D eigenvalue weighted by Crippen LogP contribution is 2.30. The van der Waals surface area contributed by atoms with E-state index in [1.165, 1.54) is 0 Å². The number of nitrogens with zero attached hydrogens (tertiary/aromatic N) is 7. The normalized spacial score (nSPS) is 11.5. The van der Waals surface area contributed by atoms with Gasteiger partial charge in [0.1, 0.15) is 26.4 Å². The average molecular weight is 743 g/mol. The van der Waals surface area contributed by atoms with Crippen molar-refractivity contribution in [2.75, 3.05) is 29.1 Å². The minimum atomic E-state index is -0.131. The van der Waals surface area contributed by atoms with Gasteiger partial charge in [0.25, 0.3) is 0 Å². The molecule has 8 N–H and O–H groups in total. The van der Waals surface area contributed by atoms with Crippen molar-refractivity contribution in [1.29, 1.82) is 0 Å². The molecular weight excluding hydrogens is 704 g/mol. The van der Waals surface area contributed by atoms with Crippen LogP contribution >= 0.6 is 0 Å². The van der Waals surface area contributed by atoms with Gasteiger partial charge in [-0.05, 0) is 108 Å². The van der Waals surface area contributed by atoms with Gasteiger partial charge in [-0.25, -0.2) is 19.6 Å². The molecule has 0 saturated carbocycles. The third-order valence-electron chi connectivity index (χ3n) is 7.48. The van der Waals surface area contributed by atoms with Gasteiger partial charge in [-0.15, -0.1) is 0 Å². The lowest BCUT2D eigenvalue weighted by Crippen LogP contribution is -2.12. The number of azo groups is 2. The summed E-state index contributed by atoms with van der Waals surface area (Å²) in [5, 5.41) is 71.5. The summed E-state index contributed by atoms with van der Waals surface area (Å²) in [7, 11) is 0. The summed E-state index contributed by atoms with van der Waals surface area (Å²) >= 11 is 0. The number of benzene rings is 4. The lowest BCUT2D eigenvalue weighted by molar-refractivity contribution is -0.254. The van der Waals surface area contributed by atoms with Crippen molar-refractivity contribution in [3.63, 3.8) is 0 Å². The van der Waals surface area contributed by atoms with Crippen LogP contribution in [-0.2, 0) is 46.0 Å². The molecule has 0 fully saturated rings. The fraction of sp³-hybridized carbons (Fsp3) is 0.229. The van der Waals surface area contributed by atoms with Crippen LogP contribution in [0.1, 0.15) is 33.4 Å². The second-order valence-electron chi connectivity index (χ2n) is 11.7. The average Bonchev–Trinajstić information content (AvgIpc) is 3.14. The first-order valence-corrected chi connectivity index (χ1v) is 16.3. The number of aliphatic hydroxyl groups excluding tert-OH is 1. The van der Waals surface area contributed by atoms with Crippen LogP contribution in [0.5, 0.6) is 0 Å². The second kappa shape index (κ2) is 19.8. The summed E-state index contributed by atoms with van der Waals surface area (Å²) in [6, 6.07) is 21.0. The van der Waals surface area contributed by atoms with Gasteiger partial charge in [0.15, 0.2) is 0 Å². The Morgan fingerprint density at radius 3 is 1.26 bits per heavy atom. The van der Waals surface area contributed by atoms with E-state index in [-0.39, 0.29) is 57.4 Å². The summed E-state index contributed by atoms with van der Waals surface area (Å²) < 4.78 is 0. The van der Waals surface area contributed by atoms with Crippen LogP contribution < -0.4 is 16.0 Å². The minimum Gasteiger partial charge on any atom is -0.395 e. The van der Waals surface area contributed by atoms with E-state index in [2.05, 4.69) is 70.9 Å². The summed E-state index contributed by atoms with van der Waals surface area (Å²) in [4.78, 5) is 30.3. The molecule has 19 nitrogen and oxygen atoms in total. The maximum absolute atomic E-state index is 9.37. The van der Waals surface area contributed by atoms with E-state index in [4.69, 9.17) is 21.0 Å². The number of hydrogen-bond acceptors (Lipinski definition) is 19. The van der Waals surface area contributed by atoms with Crippen molar-refractivity contribution in [2.45, 2.75) is 40.3 Å². The van der Waals surface area contributed by atoms with E-state index in [0.29, 0.717) is 56.4 Å². The Morgan fingerprint density at radius 1 is 0.519 bits per heavy atom. The van der Waals surface area contributed by atoms with Crippen LogP contribution in [0.3, 0.4) is 0 Å². The Hall–Kier alpha value is -5.87. The van der Waals surface area contributed by atoms with Crippen LogP contribution in [0.15, 0.2) is 93.3 Å². The van der Waals surface area contributed by atoms with Crippen molar-refractivity contribution < 1.29 is 45.7 Å². The molecule has 4 aromatic carbocycles. The molecule has 1 heterocycles. The lowest BCUT2D eigenvalue weighted by Gasteiger charge is -2.12. The molecule has 19 heteroatoms. The highest BCUT2D eigenvalue weighted by atomic mass is 17.1. The van der Waals surface area contributed by atoms with Crippen LogP contribution in [0, 0.1) is 13.8 Å². The maximum Gasteiger partial charge on any atom is 0.233 e. The Balaban J connectivity index is 1.31. The molecule has 0 atom stereocenters. The molecule has 0 spiro atoms. The molecule has 0 aliphatic rings. The molecule has 0 radical (unpaired) electrons. The van der Waals surface area contributed by atoms with E-state index < -0.39 is 0 Å². The van der Waals surface area contributed by atoms with E-state index in [9.17, 15) is 5.11 Å². The number of rotatable bonds is 19. The molecule has 0 aliphatic heterocycles. The van der Waals surface area contributed by atoms with Crippen LogP contribution in [0.25, 0.3) is 0 Å². The van der Waals surface area contributed by atoms with Gasteiger partial charge >= 0.3 is 0 Å². The van der Waals surface area contributed by atoms with E-state index in [1.54, 1.807) is 60.7 Å². The SMILES string of the molecule is Cc1cc(Nc2nc(NCCO)nc(Nc3ccc(N=Nc4cc(COO)cc(COO)c4)c(C)c3)n2)ccc1N=Nc1cc(COO)cc(COO)c1. The molecule has 0 bridgehead atoms. The smallest absolute Gasteiger partial charge is 0.233 e. The van der Waals surface area contributed by atoms with Crippen molar-refractivity contribution in [2.24, 2.45) is 20.5 Å². The Bertz CT molecular complexity index is 1900. The zero-order valence-electron chi connectivity index (χ0n) is 29.2. The minimum absolute atomic E-state index is 0.0720. The van der Waals surface area contributed by atoms with Crippen molar-refractivity contribution in [3.8, 4) is 0 Å². The predicted octanol–water partition coefficient (Wildman–Crippen LogP) is 8.17. The molecule has 0 saturated heterocycles. The fourth-order valence-electron chi connectivity index (χ4n) is 5.14. The predicted molar refractivity (Wildman–Crippen MR) is 195 cm³/mol. The second-order valence-corrected chi connectivity index (χ2v) is 11.7. The van der Waals surface area contributed by atoms with Gasteiger partial charge < -0.3 is 21.1 Å². The van der Waals surface area contributed by atoms with Gasteiger partial charge in [-0.1, -0.05) is 12.1 Å². The summed E-state index contributed by atoms with van der Waals surface area (Å²) in [6.45, 7) is 3.54. The molecular formula is C35H38N10O9. The van der Waals surface area contributed by atoms with Crippen molar-refractivity contribution in [1.82, 2.24) is 15.0 Å². The summed E-state index contributed by atoms with van der Waals surface area (Å²) in [6.07, 6.45) is 0. The molecule has 1 aromatic heterocycles. The highest BCUT2D eigenvalue weighted by Gasteiger charge is 2.11. The first-order chi connectivity index (χ1) is 26.3. The van der Waals surface area contributed by atoms with Gasteiger partial charge in [-0.2, -0.15) is 35.4 Å². The lowest BCUT2D eigenvalue weighted by atomic mass is 10.1. The number of aliphatic hydroxyl groups is 1. The van der Waals surface area contributed by atoms with Crippen LogP contribution in [-0.4, -0.2) is 54.2 Å². The van der Waals surface area contributed by atoms with Gasteiger partial charge in [-0.3, -0.25) is 21.0 Å². The summed E-state index contributed by atoms with van der Waals surface area (Å²) in [5.41, 5.74) is 7.52. The Kier molecular flexibility index (Phi) is 14.4. The van der Waals surface area contributed by atoms with Crippen molar-refractivity contribution in [3.05, 3.63) is 106 Å². The number of aromatic nitrogens is 3. The molecule has 54 heavy (non-hydrogen) atoms. The highest BCUT2D eigenvalue weighted by molar-refractivity contribution is 5.64. The van der Waals surface area contributed by atoms with E-state index in [0.717, 1.165) is 11.1 Å². The van der Waals surface area contributed by atoms with Crippen LogP contribution in [0.4, 0.5) is 52.0 Å². The molecule has 0 unspecified atom stereocenters. The first kappa shape index (κ1) is 39.3. The fourth-order valence-corrected chi connectivity index (χ4v) is 5.14. The van der Waals surface area contributed by atoms with Crippen LogP contribution in [0.2, 0.25) is 0 Å². The zero-order valence-corrected chi connectivity index (χ0v) is 29.2. The monoisotopic (exact) mass is 742 g/mol. The largest absolute Gasteiger partial charge is 0.395 e. The third-order valence-corrected chi connectivity index (χ3v) is 7.48. The number of anilines is 5. The summed E-state index contributed by atoms with van der Waals surface area (Å²) in [5.74, 6) is 0.684. The number of nitrogens with one attached hydrogen (secondary N) is 3. The Labute approximate surface area is 308 Å². The standard InChI is InChI=1S/C35H38N10O9/c1-21-9-27(3-5-31(21)44-42-29-13-23(17-51-47)11-24(14-29)18-52-48)37-34-39-33(36-7-8-46)40-35(41-34)38-28-4-6-32(22(2)10-28)45-43-30-15-25(19-53-49)12-26(16-30)20-54-50/h3-6,9-16,46-50H,7-8,17-20H2,1-2H3,(H3,36,37,38,39,40,41). The van der Waals surface area contributed by atoms with Crippen molar-refractivity contribution >= 4 is 52.0 Å². The Morgan fingerprint density at radius 2 is 0.907 bits per heavy atom. The molecule has 5 rings (SSSR count). The number of hydrogen-bond donors (Lipinski definition) is 8.